The summed E-state index contributed by atoms with van der Waals surface area (Å²) in [5, 5.41) is 7.77. The molecule has 0 fully saturated rings. The Hall–Kier alpha value is -2.68. The number of nitrogens with one attached hydrogen (secondary N) is 2. The quantitative estimate of drug-likeness (QED) is 0.418. The topological polar surface area (TPSA) is 91.4 Å². The van der Waals surface area contributed by atoms with Gasteiger partial charge in [0.2, 0.25) is 15.9 Å². The number of sulfonamides is 1. The molecule has 9 heteroatoms. The van der Waals surface area contributed by atoms with Crippen LogP contribution in [0, 0.1) is 13.8 Å². The molecule has 2 aromatic carbocycles. The predicted octanol–water partition coefficient (Wildman–Crippen LogP) is 4.13. The van der Waals surface area contributed by atoms with E-state index in [1.54, 1.807) is 32.2 Å². The first kappa shape index (κ1) is 25.0. The highest BCUT2D eigenvalue weighted by molar-refractivity contribution is 7.89. The second-order valence-corrected chi connectivity index (χ2v) is 10.2. The van der Waals surface area contributed by atoms with Crippen LogP contribution in [-0.2, 0) is 14.8 Å². The lowest BCUT2D eigenvalue weighted by Gasteiger charge is -2.21. The van der Waals surface area contributed by atoms with Crippen molar-refractivity contribution in [1.29, 1.82) is 0 Å². The number of carbonyl (C=O) groups excluding carboxylic acids is 1. The minimum Gasteiger partial charge on any atom is -0.384 e. The first-order valence-corrected chi connectivity index (χ1v) is 12.7. The fourth-order valence-electron chi connectivity index (χ4n) is 3.52. The molecule has 1 heterocycles. The molecule has 0 spiro atoms. The lowest BCUT2D eigenvalue weighted by Crippen LogP contribution is -2.41. The minimum absolute atomic E-state index is 0.212. The lowest BCUT2D eigenvalue weighted by atomic mass is 10.2. The maximum atomic E-state index is 13.1. The van der Waals surface area contributed by atoms with E-state index < -0.39 is 10.0 Å². The van der Waals surface area contributed by atoms with Crippen molar-refractivity contribution in [3.05, 3.63) is 64.8 Å². The minimum atomic E-state index is -3.75. The smallest absolute Gasteiger partial charge is 0.243 e. The highest BCUT2D eigenvalue weighted by atomic mass is 35.5. The molecule has 3 rings (SSSR count). The number of hydrogen-bond acceptors (Lipinski definition) is 5. The van der Waals surface area contributed by atoms with Crippen molar-refractivity contribution >= 4 is 44.1 Å². The number of nitrogens with zero attached hydrogens (tertiary/aromatic N) is 2. The third kappa shape index (κ3) is 6.22. The number of fused-ring (bicyclic) bond motifs is 1. The van der Waals surface area contributed by atoms with E-state index in [2.05, 4.69) is 15.6 Å². The number of aryl methyl sites for hydroxylation is 2. The molecule has 0 aliphatic carbocycles. The molecular formula is C24H29ClN4O3S. The number of halogens is 1. The van der Waals surface area contributed by atoms with Gasteiger partial charge in [-0.15, -0.1) is 0 Å². The summed E-state index contributed by atoms with van der Waals surface area (Å²) in [6.45, 7) is 6.40. The predicted molar refractivity (Wildman–Crippen MR) is 133 cm³/mol. The van der Waals surface area contributed by atoms with E-state index in [4.69, 9.17) is 11.6 Å². The van der Waals surface area contributed by atoms with E-state index >= 15 is 0 Å². The number of hydrogen-bond donors (Lipinski definition) is 2. The molecule has 0 bridgehead atoms. The molecule has 176 valence electrons. The summed E-state index contributed by atoms with van der Waals surface area (Å²) in [6, 6.07) is 12.8. The Morgan fingerprint density at radius 3 is 2.64 bits per heavy atom. The lowest BCUT2D eigenvalue weighted by molar-refractivity contribution is -0.121. The molecule has 1 aromatic heterocycles. The van der Waals surface area contributed by atoms with E-state index in [1.807, 2.05) is 37.3 Å². The summed E-state index contributed by atoms with van der Waals surface area (Å²) < 4.78 is 27.3. The molecule has 1 amide bonds. The molecule has 0 atom stereocenters. The largest absolute Gasteiger partial charge is 0.384 e. The number of amides is 1. The van der Waals surface area contributed by atoms with E-state index in [1.165, 1.54) is 4.31 Å². The van der Waals surface area contributed by atoms with Crippen molar-refractivity contribution in [3.8, 4) is 0 Å². The number of benzene rings is 2. The summed E-state index contributed by atoms with van der Waals surface area (Å²) in [4.78, 5) is 17.0. The van der Waals surface area contributed by atoms with Gasteiger partial charge in [-0.05, 0) is 61.7 Å². The van der Waals surface area contributed by atoms with Crippen LogP contribution in [0.25, 0.3) is 10.9 Å². The maximum absolute atomic E-state index is 13.1. The van der Waals surface area contributed by atoms with Crippen LogP contribution in [0.1, 0.15) is 24.5 Å². The zero-order valence-electron chi connectivity index (χ0n) is 19.1. The third-order valence-electron chi connectivity index (χ3n) is 5.33. The van der Waals surface area contributed by atoms with E-state index in [-0.39, 0.29) is 23.9 Å². The van der Waals surface area contributed by atoms with Crippen molar-refractivity contribution in [2.75, 3.05) is 31.5 Å². The Kier molecular flexibility index (Phi) is 8.29. The number of rotatable bonds is 10. The monoisotopic (exact) mass is 488 g/mol. The van der Waals surface area contributed by atoms with Crippen LogP contribution in [0.15, 0.2) is 53.6 Å². The van der Waals surface area contributed by atoms with Crippen molar-refractivity contribution in [1.82, 2.24) is 14.6 Å². The summed E-state index contributed by atoms with van der Waals surface area (Å²) in [5.74, 6) is -0.324. The van der Waals surface area contributed by atoms with E-state index in [9.17, 15) is 13.2 Å². The first-order valence-electron chi connectivity index (χ1n) is 10.8. The van der Waals surface area contributed by atoms with Crippen molar-refractivity contribution in [3.63, 3.8) is 0 Å². The van der Waals surface area contributed by atoms with Gasteiger partial charge in [0.15, 0.2) is 0 Å². The molecular weight excluding hydrogens is 460 g/mol. The highest BCUT2D eigenvalue weighted by Gasteiger charge is 2.26. The van der Waals surface area contributed by atoms with Crippen LogP contribution >= 0.6 is 11.6 Å². The van der Waals surface area contributed by atoms with Crippen LogP contribution in [-0.4, -0.2) is 49.8 Å². The number of aromatic nitrogens is 1. The van der Waals surface area contributed by atoms with Gasteiger partial charge in [-0.25, -0.2) is 8.42 Å². The maximum Gasteiger partial charge on any atom is 0.243 e. The number of likely N-dealkylation sites (N-methyl/N-ethyl adjacent to an activating group) is 1. The number of pyridine rings is 1. The molecule has 0 saturated carbocycles. The van der Waals surface area contributed by atoms with Gasteiger partial charge in [0.05, 0.1) is 17.0 Å². The zero-order chi connectivity index (χ0) is 24.0. The Balaban J connectivity index is 1.51. The first-order chi connectivity index (χ1) is 15.7. The molecule has 7 nitrogen and oxygen atoms in total. The second kappa shape index (κ2) is 11.0. The van der Waals surface area contributed by atoms with Gasteiger partial charge < -0.3 is 10.6 Å². The fraction of sp³-hybridized carbons (Fsp3) is 0.333. The standard InChI is InChI=1S/C24H29ClN4O3S/c1-4-29(33(31,32)23-14-17(2)6-7-18(23)3)16-24(30)28-12-5-11-26-21-10-13-27-22-15-19(25)8-9-20(21)22/h6-10,13-15H,4-5,11-12,16H2,1-3H3,(H,26,27)(H,28,30). The Morgan fingerprint density at radius 1 is 1.09 bits per heavy atom. The average Bonchev–Trinajstić information content (AvgIpc) is 2.78. The van der Waals surface area contributed by atoms with Crippen LogP contribution in [0.2, 0.25) is 5.02 Å². The highest BCUT2D eigenvalue weighted by Crippen LogP contribution is 2.24. The second-order valence-electron chi connectivity index (χ2n) is 7.85. The van der Waals surface area contributed by atoms with Crippen LogP contribution in [0.5, 0.6) is 0 Å². The fourth-order valence-corrected chi connectivity index (χ4v) is 5.40. The zero-order valence-corrected chi connectivity index (χ0v) is 20.6. The molecule has 2 N–H and O–H groups in total. The molecule has 33 heavy (non-hydrogen) atoms. The van der Waals surface area contributed by atoms with Crippen molar-refractivity contribution in [2.45, 2.75) is 32.1 Å². The van der Waals surface area contributed by atoms with Crippen LogP contribution < -0.4 is 10.6 Å². The summed E-state index contributed by atoms with van der Waals surface area (Å²) in [6.07, 6.45) is 2.40. The summed E-state index contributed by atoms with van der Waals surface area (Å²) >= 11 is 6.03. The van der Waals surface area contributed by atoms with Gasteiger partial charge in [0.1, 0.15) is 0 Å². The summed E-state index contributed by atoms with van der Waals surface area (Å²) in [7, 11) is -3.75. The average molecular weight is 489 g/mol. The summed E-state index contributed by atoms with van der Waals surface area (Å²) in [5.41, 5.74) is 3.28. The molecule has 0 unspecified atom stereocenters. The Labute approximate surface area is 200 Å². The molecule has 0 aliphatic heterocycles. The van der Waals surface area contributed by atoms with Crippen LogP contribution in [0.4, 0.5) is 5.69 Å². The van der Waals surface area contributed by atoms with Gasteiger partial charge in [-0.1, -0.05) is 30.7 Å². The molecule has 0 radical (unpaired) electrons. The van der Waals surface area contributed by atoms with Gasteiger partial charge in [-0.3, -0.25) is 9.78 Å². The van der Waals surface area contributed by atoms with Gasteiger partial charge >= 0.3 is 0 Å². The van der Waals surface area contributed by atoms with Gasteiger partial charge in [0.25, 0.3) is 0 Å². The van der Waals surface area contributed by atoms with Gasteiger partial charge in [-0.2, -0.15) is 4.31 Å². The van der Waals surface area contributed by atoms with E-state index in [0.717, 1.165) is 22.2 Å². The van der Waals surface area contributed by atoms with Crippen LogP contribution in [0.3, 0.4) is 0 Å². The third-order valence-corrected chi connectivity index (χ3v) is 7.63. The molecule has 3 aromatic rings. The molecule has 0 aliphatic rings. The van der Waals surface area contributed by atoms with Crippen molar-refractivity contribution in [2.24, 2.45) is 0 Å². The van der Waals surface area contributed by atoms with Gasteiger partial charge in [0, 0.05) is 41.9 Å². The Bertz CT molecular complexity index is 1250. The Morgan fingerprint density at radius 2 is 1.88 bits per heavy atom. The normalized spacial score (nSPS) is 11.7. The number of carbonyl (C=O) groups is 1. The van der Waals surface area contributed by atoms with E-state index in [0.29, 0.717) is 30.1 Å². The van der Waals surface area contributed by atoms with Crippen molar-refractivity contribution < 1.29 is 13.2 Å². The number of anilines is 1. The molecule has 0 saturated heterocycles. The SMILES string of the molecule is CCN(CC(=O)NCCCNc1ccnc2cc(Cl)ccc12)S(=O)(=O)c1cc(C)ccc1C.